The van der Waals surface area contributed by atoms with Crippen molar-refractivity contribution in [3.05, 3.63) is 112 Å². The van der Waals surface area contributed by atoms with Crippen LogP contribution in [0.25, 0.3) is 10.9 Å². The van der Waals surface area contributed by atoms with E-state index in [1.807, 2.05) is 55.5 Å². The molecule has 1 N–H and O–H groups in total. The maximum absolute atomic E-state index is 13.6. The molecule has 8 nitrogen and oxygen atoms in total. The zero-order chi connectivity index (χ0) is 25.2. The number of nitrogens with zero attached hydrogens (tertiary/aromatic N) is 5. The number of anilines is 1. The lowest BCUT2D eigenvalue weighted by atomic mass is 9.96. The first-order valence-electron chi connectivity index (χ1n) is 12.7. The van der Waals surface area contributed by atoms with Gasteiger partial charge in [-0.25, -0.2) is 4.68 Å². The number of hydrogen-bond acceptors (Lipinski definition) is 6. The molecule has 0 radical (unpaired) electrons. The number of aromatic nitrogens is 5. The van der Waals surface area contributed by atoms with Crippen molar-refractivity contribution in [1.82, 2.24) is 25.2 Å². The van der Waals surface area contributed by atoms with Gasteiger partial charge >= 0.3 is 0 Å². The maximum Gasteiger partial charge on any atom is 0.254 e. The molecule has 6 rings (SSSR count). The number of para-hydroxylation sites is 1. The summed E-state index contributed by atoms with van der Waals surface area (Å²) in [6.07, 6.45) is 1.98. The Morgan fingerprint density at radius 2 is 1.86 bits per heavy atom. The van der Waals surface area contributed by atoms with Gasteiger partial charge in [0.2, 0.25) is 0 Å². The van der Waals surface area contributed by atoms with E-state index in [4.69, 9.17) is 4.74 Å². The van der Waals surface area contributed by atoms with E-state index in [1.54, 1.807) is 4.68 Å². The van der Waals surface area contributed by atoms with Gasteiger partial charge in [-0.1, -0.05) is 48.5 Å². The summed E-state index contributed by atoms with van der Waals surface area (Å²) in [4.78, 5) is 19.0. The van der Waals surface area contributed by atoms with Gasteiger partial charge in [0, 0.05) is 28.7 Å². The molecular formula is C29H28N6O2. The number of pyridine rings is 1. The second kappa shape index (κ2) is 9.89. The molecule has 0 spiro atoms. The van der Waals surface area contributed by atoms with Crippen molar-refractivity contribution >= 4 is 16.6 Å². The van der Waals surface area contributed by atoms with Crippen molar-refractivity contribution in [2.75, 3.05) is 18.1 Å². The molecule has 1 aliphatic heterocycles. The first-order valence-corrected chi connectivity index (χ1v) is 12.7. The maximum atomic E-state index is 13.6. The zero-order valence-corrected chi connectivity index (χ0v) is 20.7. The van der Waals surface area contributed by atoms with Gasteiger partial charge in [0.15, 0.2) is 5.82 Å². The molecule has 0 saturated heterocycles. The van der Waals surface area contributed by atoms with E-state index in [9.17, 15) is 4.79 Å². The molecule has 0 aliphatic carbocycles. The lowest BCUT2D eigenvalue weighted by Crippen LogP contribution is -2.38. The van der Waals surface area contributed by atoms with E-state index >= 15 is 0 Å². The molecule has 0 fully saturated rings. The minimum atomic E-state index is -0.468. The Morgan fingerprint density at radius 1 is 1.03 bits per heavy atom. The van der Waals surface area contributed by atoms with Crippen LogP contribution >= 0.6 is 0 Å². The van der Waals surface area contributed by atoms with E-state index < -0.39 is 6.04 Å². The third kappa shape index (κ3) is 4.46. The first kappa shape index (κ1) is 23.0. The standard InChI is InChI=1S/C29H28N6O2/c1-2-37-23-14-15-25-22(17-23)18-24(29(36)30-25)27(34-16-8-12-21-11-6-7-13-26(21)34)28-31-32-33-35(28)19-20-9-4-3-5-10-20/h3-7,9-11,13-15,17-18,27H,2,8,12,16,19H2,1H3,(H,30,36)/t27-/m0/s1. The molecule has 0 saturated carbocycles. The van der Waals surface area contributed by atoms with Crippen molar-refractivity contribution in [2.24, 2.45) is 0 Å². The van der Waals surface area contributed by atoms with Crippen molar-refractivity contribution < 1.29 is 4.74 Å². The van der Waals surface area contributed by atoms with Gasteiger partial charge in [-0.3, -0.25) is 4.79 Å². The number of rotatable bonds is 7. The predicted molar refractivity (Wildman–Crippen MR) is 143 cm³/mol. The molecule has 3 heterocycles. The molecule has 5 aromatic rings. The fraction of sp³-hybridized carbons (Fsp3) is 0.241. The van der Waals surface area contributed by atoms with Gasteiger partial charge in [0.05, 0.1) is 13.2 Å². The topological polar surface area (TPSA) is 88.9 Å². The van der Waals surface area contributed by atoms with Crippen molar-refractivity contribution in [2.45, 2.75) is 32.4 Å². The normalized spacial score (nSPS) is 13.9. The van der Waals surface area contributed by atoms with E-state index in [0.717, 1.165) is 47.3 Å². The quantitative estimate of drug-likeness (QED) is 0.360. The zero-order valence-electron chi connectivity index (χ0n) is 20.7. The minimum Gasteiger partial charge on any atom is -0.494 e. The Morgan fingerprint density at radius 3 is 2.73 bits per heavy atom. The summed E-state index contributed by atoms with van der Waals surface area (Å²) in [5.74, 6) is 1.40. The monoisotopic (exact) mass is 492 g/mol. The Balaban J connectivity index is 1.53. The second-order valence-electron chi connectivity index (χ2n) is 9.24. The minimum absolute atomic E-state index is 0.154. The molecule has 1 atom stereocenters. The number of nitrogens with one attached hydrogen (secondary N) is 1. The number of H-pyrrole nitrogens is 1. The molecule has 2 aromatic heterocycles. The predicted octanol–water partition coefficient (Wildman–Crippen LogP) is 4.50. The fourth-order valence-electron chi connectivity index (χ4n) is 5.21. The van der Waals surface area contributed by atoms with Gasteiger partial charge in [0.25, 0.3) is 5.56 Å². The molecule has 186 valence electrons. The van der Waals surface area contributed by atoms with Crippen molar-refractivity contribution in [3.8, 4) is 5.75 Å². The van der Waals surface area contributed by atoms with Crippen LogP contribution in [0, 0.1) is 0 Å². The molecule has 3 aromatic carbocycles. The van der Waals surface area contributed by atoms with Crippen LogP contribution in [-0.4, -0.2) is 38.3 Å². The van der Waals surface area contributed by atoms with Crippen LogP contribution in [-0.2, 0) is 13.0 Å². The molecule has 1 aliphatic rings. The molecule has 0 bridgehead atoms. The Bertz CT molecular complexity index is 1590. The lowest BCUT2D eigenvalue weighted by molar-refractivity contribution is 0.340. The smallest absolute Gasteiger partial charge is 0.254 e. The fourth-order valence-corrected chi connectivity index (χ4v) is 5.21. The summed E-state index contributed by atoms with van der Waals surface area (Å²) in [7, 11) is 0. The highest BCUT2D eigenvalue weighted by atomic mass is 16.5. The number of benzene rings is 3. The Labute approximate surface area is 214 Å². The van der Waals surface area contributed by atoms with E-state index in [2.05, 4.69) is 55.7 Å². The Hall–Kier alpha value is -4.46. The molecule has 0 unspecified atom stereocenters. The summed E-state index contributed by atoms with van der Waals surface area (Å²) in [6, 6.07) is 25.7. The van der Waals surface area contributed by atoms with E-state index in [1.165, 1.54) is 5.56 Å². The van der Waals surface area contributed by atoms with Crippen molar-refractivity contribution in [1.29, 1.82) is 0 Å². The van der Waals surface area contributed by atoms with E-state index in [-0.39, 0.29) is 5.56 Å². The molecule has 0 amide bonds. The van der Waals surface area contributed by atoms with Crippen LogP contribution in [0.15, 0.2) is 83.7 Å². The highest BCUT2D eigenvalue weighted by Crippen LogP contribution is 2.37. The van der Waals surface area contributed by atoms with Crippen LogP contribution in [0.3, 0.4) is 0 Å². The van der Waals surface area contributed by atoms with Gasteiger partial charge in [0.1, 0.15) is 11.8 Å². The highest BCUT2D eigenvalue weighted by Gasteiger charge is 2.33. The summed E-state index contributed by atoms with van der Waals surface area (Å²) in [6.45, 7) is 3.83. The van der Waals surface area contributed by atoms with Gasteiger partial charge in [-0.2, -0.15) is 0 Å². The summed E-state index contributed by atoms with van der Waals surface area (Å²) in [5.41, 5.74) is 4.66. The average molecular weight is 493 g/mol. The summed E-state index contributed by atoms with van der Waals surface area (Å²) in [5, 5.41) is 13.8. The third-order valence-corrected chi connectivity index (χ3v) is 6.89. The number of fused-ring (bicyclic) bond motifs is 2. The number of tetrazole rings is 1. The van der Waals surface area contributed by atoms with Crippen molar-refractivity contribution in [3.63, 3.8) is 0 Å². The van der Waals surface area contributed by atoms with Crippen LogP contribution in [0.1, 0.15) is 41.9 Å². The van der Waals surface area contributed by atoms with Crippen LogP contribution in [0.2, 0.25) is 0 Å². The largest absolute Gasteiger partial charge is 0.494 e. The van der Waals surface area contributed by atoms with Crippen LogP contribution in [0.5, 0.6) is 5.75 Å². The number of ether oxygens (including phenoxy) is 1. The van der Waals surface area contributed by atoms with Crippen LogP contribution in [0.4, 0.5) is 5.69 Å². The molecule has 8 heteroatoms. The van der Waals surface area contributed by atoms with Gasteiger partial charge in [-0.15, -0.1) is 5.10 Å². The molecule has 37 heavy (non-hydrogen) atoms. The molecular weight excluding hydrogens is 464 g/mol. The lowest BCUT2D eigenvalue weighted by Gasteiger charge is -2.37. The summed E-state index contributed by atoms with van der Waals surface area (Å²) >= 11 is 0. The van der Waals surface area contributed by atoms with E-state index in [0.29, 0.717) is 24.5 Å². The summed E-state index contributed by atoms with van der Waals surface area (Å²) < 4.78 is 7.53. The van der Waals surface area contributed by atoms with Gasteiger partial charge in [-0.05, 0) is 71.7 Å². The second-order valence-corrected chi connectivity index (χ2v) is 9.24. The number of hydrogen-bond donors (Lipinski definition) is 1. The SMILES string of the molecule is CCOc1ccc2[nH]c(=O)c([C@@H](c3nnnn3Cc3ccccc3)N3CCCc4ccccc43)cc2c1. The number of aryl methyl sites for hydroxylation is 1. The first-order chi connectivity index (χ1) is 18.2. The number of aromatic amines is 1. The Kier molecular flexibility index (Phi) is 6.14. The van der Waals surface area contributed by atoms with Crippen LogP contribution < -0.4 is 15.2 Å². The average Bonchev–Trinajstić information content (AvgIpc) is 3.37. The highest BCUT2D eigenvalue weighted by molar-refractivity contribution is 5.81. The van der Waals surface area contributed by atoms with Gasteiger partial charge < -0.3 is 14.6 Å². The third-order valence-electron chi connectivity index (χ3n) is 6.89.